The third-order valence-electron chi connectivity index (χ3n) is 5.14. The van der Waals surface area contributed by atoms with Crippen molar-refractivity contribution in [3.8, 4) is 0 Å². The van der Waals surface area contributed by atoms with Gasteiger partial charge in [-0.25, -0.2) is 9.37 Å². The molecule has 0 saturated carbocycles. The molecule has 2 heterocycles. The molecule has 28 heavy (non-hydrogen) atoms. The van der Waals surface area contributed by atoms with Gasteiger partial charge in [-0.2, -0.15) is 0 Å². The molecule has 1 aromatic heterocycles. The number of rotatable bonds is 5. The van der Waals surface area contributed by atoms with Crippen LogP contribution in [0.15, 0.2) is 28.8 Å². The van der Waals surface area contributed by atoms with Crippen LogP contribution in [0.5, 0.6) is 0 Å². The number of carbonyl (C=O) groups is 1. The van der Waals surface area contributed by atoms with Gasteiger partial charge in [0.05, 0.1) is 6.20 Å². The van der Waals surface area contributed by atoms with Gasteiger partial charge in [0.2, 0.25) is 5.91 Å². The molecule has 1 fully saturated rings. The Morgan fingerprint density at radius 3 is 2.86 bits per heavy atom. The van der Waals surface area contributed by atoms with Crippen molar-refractivity contribution in [2.45, 2.75) is 64.8 Å². The number of halogens is 1. The normalized spacial score (nSPS) is 17.6. The van der Waals surface area contributed by atoms with E-state index in [4.69, 9.17) is 4.42 Å². The monoisotopic (exact) mass is 387 g/mol. The maximum Gasteiger partial charge on any atom is 0.220 e. The zero-order valence-corrected chi connectivity index (χ0v) is 17.2. The maximum atomic E-state index is 13.4. The molecule has 1 N–H and O–H groups in total. The van der Waals surface area contributed by atoms with Crippen molar-refractivity contribution in [3.05, 3.63) is 47.4 Å². The molecule has 3 rings (SSSR count). The van der Waals surface area contributed by atoms with Crippen LogP contribution in [0.3, 0.4) is 0 Å². The molecule has 0 bridgehead atoms. The van der Waals surface area contributed by atoms with Crippen LogP contribution in [0.4, 0.5) is 10.1 Å². The van der Waals surface area contributed by atoms with Crippen molar-refractivity contribution < 1.29 is 13.6 Å². The van der Waals surface area contributed by atoms with E-state index in [9.17, 15) is 9.18 Å². The fourth-order valence-corrected chi connectivity index (χ4v) is 3.58. The lowest BCUT2D eigenvalue weighted by molar-refractivity contribution is -0.121. The Hall–Kier alpha value is -2.37. The van der Waals surface area contributed by atoms with Gasteiger partial charge in [-0.3, -0.25) is 4.79 Å². The summed E-state index contributed by atoms with van der Waals surface area (Å²) in [7, 11) is 0. The highest BCUT2D eigenvalue weighted by molar-refractivity contribution is 5.76. The first kappa shape index (κ1) is 20.4. The highest BCUT2D eigenvalue weighted by atomic mass is 19.1. The molecule has 0 radical (unpaired) electrons. The van der Waals surface area contributed by atoms with E-state index >= 15 is 0 Å². The van der Waals surface area contributed by atoms with E-state index in [0.29, 0.717) is 18.7 Å². The van der Waals surface area contributed by atoms with Crippen LogP contribution in [-0.4, -0.2) is 30.0 Å². The summed E-state index contributed by atoms with van der Waals surface area (Å²) in [5, 5.41) is 3.13. The maximum absolute atomic E-state index is 13.4. The number of benzene rings is 1. The molecule has 1 atom stereocenters. The second-order valence-corrected chi connectivity index (χ2v) is 8.65. The Labute approximate surface area is 166 Å². The van der Waals surface area contributed by atoms with Crippen molar-refractivity contribution in [1.82, 2.24) is 10.3 Å². The lowest BCUT2D eigenvalue weighted by Gasteiger charge is -2.35. The molecular weight excluding hydrogens is 357 g/mol. The van der Waals surface area contributed by atoms with Gasteiger partial charge in [0.1, 0.15) is 11.6 Å². The number of aryl methyl sites for hydroxylation is 2. The summed E-state index contributed by atoms with van der Waals surface area (Å²) in [4.78, 5) is 18.9. The van der Waals surface area contributed by atoms with Gasteiger partial charge >= 0.3 is 0 Å². The summed E-state index contributed by atoms with van der Waals surface area (Å²) >= 11 is 0. The van der Waals surface area contributed by atoms with E-state index in [0.717, 1.165) is 42.9 Å². The molecule has 2 aromatic rings. The van der Waals surface area contributed by atoms with Crippen LogP contribution in [0.2, 0.25) is 0 Å². The van der Waals surface area contributed by atoms with E-state index in [1.165, 1.54) is 6.07 Å². The fraction of sp³-hybridized carbons (Fsp3) is 0.545. The number of anilines is 1. The molecule has 152 valence electrons. The minimum absolute atomic E-state index is 0.0122. The predicted molar refractivity (Wildman–Crippen MR) is 108 cm³/mol. The Bertz CT molecular complexity index is 825. The first-order chi connectivity index (χ1) is 13.2. The summed E-state index contributed by atoms with van der Waals surface area (Å²) in [6.07, 6.45) is 4.55. The second kappa shape index (κ2) is 8.33. The van der Waals surface area contributed by atoms with Gasteiger partial charge in [0, 0.05) is 43.1 Å². The lowest BCUT2D eigenvalue weighted by Crippen LogP contribution is -2.48. The van der Waals surface area contributed by atoms with Crippen molar-refractivity contribution >= 4 is 11.6 Å². The second-order valence-electron chi connectivity index (χ2n) is 8.65. The molecule has 1 aliphatic rings. The number of piperidine rings is 1. The quantitative estimate of drug-likeness (QED) is 0.838. The van der Waals surface area contributed by atoms with Crippen LogP contribution in [-0.2, 0) is 16.6 Å². The highest BCUT2D eigenvalue weighted by Crippen LogP contribution is 2.25. The van der Waals surface area contributed by atoms with E-state index in [2.05, 4.69) is 36.0 Å². The first-order valence-electron chi connectivity index (χ1n) is 9.98. The van der Waals surface area contributed by atoms with Gasteiger partial charge in [-0.15, -0.1) is 0 Å². The van der Waals surface area contributed by atoms with Crippen LogP contribution in [0, 0.1) is 12.7 Å². The average Bonchev–Trinajstić information content (AvgIpc) is 3.10. The average molecular weight is 387 g/mol. The van der Waals surface area contributed by atoms with Crippen molar-refractivity contribution in [3.63, 3.8) is 0 Å². The molecule has 1 unspecified atom stereocenters. The van der Waals surface area contributed by atoms with Gasteiger partial charge in [0.15, 0.2) is 5.89 Å². The van der Waals surface area contributed by atoms with Crippen LogP contribution in [0.1, 0.15) is 57.2 Å². The van der Waals surface area contributed by atoms with Crippen molar-refractivity contribution in [2.75, 3.05) is 18.0 Å². The largest absolute Gasteiger partial charge is 0.445 e. The zero-order chi connectivity index (χ0) is 20.3. The smallest absolute Gasteiger partial charge is 0.220 e. The lowest BCUT2D eigenvalue weighted by atomic mass is 9.94. The third kappa shape index (κ3) is 5.12. The van der Waals surface area contributed by atoms with E-state index in [1.54, 1.807) is 12.3 Å². The summed E-state index contributed by atoms with van der Waals surface area (Å²) < 4.78 is 19.1. The molecule has 6 heteroatoms. The standard InChI is InChI=1S/C22H30FN3O2/c1-15-12-16(23)7-8-18(15)26-11-5-6-17(14-26)25-20(27)9-10-21-24-13-19(28-21)22(2,3)4/h7-8,12-13,17H,5-6,9-11,14H2,1-4H3,(H,25,27). The number of hydrogen-bond donors (Lipinski definition) is 1. The van der Waals surface area contributed by atoms with E-state index in [1.807, 2.05) is 13.0 Å². The summed E-state index contributed by atoms with van der Waals surface area (Å²) in [6.45, 7) is 9.80. The number of carbonyl (C=O) groups excluding carboxylic acids is 1. The molecule has 1 aliphatic heterocycles. The Morgan fingerprint density at radius 1 is 1.39 bits per heavy atom. The summed E-state index contributed by atoms with van der Waals surface area (Å²) in [6, 6.07) is 4.97. The molecule has 5 nitrogen and oxygen atoms in total. The van der Waals surface area contributed by atoms with Crippen LogP contribution < -0.4 is 10.2 Å². The van der Waals surface area contributed by atoms with Crippen molar-refractivity contribution in [2.24, 2.45) is 0 Å². The van der Waals surface area contributed by atoms with E-state index in [-0.39, 0.29) is 23.2 Å². The number of amides is 1. The van der Waals surface area contributed by atoms with Gasteiger partial charge in [0.25, 0.3) is 0 Å². The number of oxazole rings is 1. The van der Waals surface area contributed by atoms with Gasteiger partial charge in [-0.05, 0) is 43.5 Å². The van der Waals surface area contributed by atoms with Crippen LogP contribution >= 0.6 is 0 Å². The Balaban J connectivity index is 1.52. The summed E-state index contributed by atoms with van der Waals surface area (Å²) in [5.41, 5.74) is 1.87. The molecule has 1 amide bonds. The molecule has 1 saturated heterocycles. The number of hydrogen-bond acceptors (Lipinski definition) is 4. The SMILES string of the molecule is Cc1cc(F)ccc1N1CCCC(NC(=O)CCc2ncc(C(C)(C)C)o2)C1. The molecule has 0 spiro atoms. The van der Waals surface area contributed by atoms with Gasteiger partial charge in [-0.1, -0.05) is 20.8 Å². The topological polar surface area (TPSA) is 58.4 Å². The highest BCUT2D eigenvalue weighted by Gasteiger charge is 2.23. The number of nitrogens with one attached hydrogen (secondary N) is 1. The Morgan fingerprint density at radius 2 is 2.18 bits per heavy atom. The molecule has 0 aliphatic carbocycles. The van der Waals surface area contributed by atoms with Crippen molar-refractivity contribution in [1.29, 1.82) is 0 Å². The predicted octanol–water partition coefficient (Wildman–Crippen LogP) is 4.14. The molecular formula is C22H30FN3O2. The van der Waals surface area contributed by atoms with E-state index < -0.39 is 0 Å². The van der Waals surface area contributed by atoms with Crippen LogP contribution in [0.25, 0.3) is 0 Å². The number of nitrogens with zero attached hydrogens (tertiary/aromatic N) is 2. The Kier molecular flexibility index (Phi) is 6.06. The number of aromatic nitrogens is 1. The first-order valence-corrected chi connectivity index (χ1v) is 9.98. The minimum Gasteiger partial charge on any atom is -0.445 e. The third-order valence-corrected chi connectivity index (χ3v) is 5.14. The molecule has 1 aromatic carbocycles. The fourth-order valence-electron chi connectivity index (χ4n) is 3.58. The van der Waals surface area contributed by atoms with Gasteiger partial charge < -0.3 is 14.6 Å². The minimum atomic E-state index is -0.218. The zero-order valence-electron chi connectivity index (χ0n) is 17.2. The summed E-state index contributed by atoms with van der Waals surface area (Å²) in [5.74, 6) is 1.23.